The zero-order valence-corrected chi connectivity index (χ0v) is 14.1. The molecule has 1 aliphatic heterocycles. The fraction of sp³-hybridized carbons (Fsp3) is 0.750. The number of nitrogens with two attached hydrogens (primary N) is 2. The van der Waals surface area contributed by atoms with Crippen LogP contribution < -0.4 is 21.7 Å². The van der Waals surface area contributed by atoms with Crippen molar-refractivity contribution in [2.24, 2.45) is 17.3 Å². The normalized spacial score (nSPS) is 27.1. The van der Waals surface area contributed by atoms with Gasteiger partial charge >= 0.3 is 0 Å². The molecule has 0 aromatic carbocycles. The van der Waals surface area contributed by atoms with Gasteiger partial charge in [0.1, 0.15) is 11.6 Å². The van der Waals surface area contributed by atoms with Crippen LogP contribution in [0.2, 0.25) is 0 Å². The molecule has 0 unspecified atom stereocenters. The Kier molecular flexibility index (Phi) is 3.67. The van der Waals surface area contributed by atoms with Crippen LogP contribution in [0.15, 0.2) is 0 Å². The van der Waals surface area contributed by atoms with Gasteiger partial charge in [0.2, 0.25) is 5.95 Å². The number of hydrogen-bond donors (Lipinski definition) is 3. The molecule has 5 N–H and O–H groups in total. The molecule has 0 spiro atoms. The van der Waals surface area contributed by atoms with Crippen molar-refractivity contribution in [3.8, 4) is 0 Å². The average Bonchev–Trinajstić information content (AvgIpc) is 2.87. The standard InChI is InChI=1S/C16H28N6/c1-16(2,3)6-5-9-13(17)20-15(18)21-14(9)22-7-10-11(8-22)12(10)19-4/h10-12,19H,5-8H2,1-4H3,(H4,17,18,20,21)/t10-,11+,12-. The van der Waals surface area contributed by atoms with Crippen LogP contribution in [0.5, 0.6) is 0 Å². The molecular weight excluding hydrogens is 276 g/mol. The number of fused-ring (bicyclic) bond motifs is 1. The van der Waals surface area contributed by atoms with Gasteiger partial charge in [0, 0.05) is 24.7 Å². The van der Waals surface area contributed by atoms with Crippen LogP contribution in [0, 0.1) is 17.3 Å². The number of nitrogen functional groups attached to an aromatic ring is 2. The lowest BCUT2D eigenvalue weighted by atomic mass is 9.89. The third-order valence-electron chi connectivity index (χ3n) is 4.99. The number of anilines is 3. The molecule has 22 heavy (non-hydrogen) atoms. The van der Waals surface area contributed by atoms with E-state index in [4.69, 9.17) is 11.5 Å². The minimum absolute atomic E-state index is 0.259. The van der Waals surface area contributed by atoms with Crippen LogP contribution in [0.1, 0.15) is 32.8 Å². The third-order valence-corrected chi connectivity index (χ3v) is 4.99. The Morgan fingerprint density at radius 2 is 1.82 bits per heavy atom. The number of hydrogen-bond acceptors (Lipinski definition) is 6. The average molecular weight is 304 g/mol. The highest BCUT2D eigenvalue weighted by Crippen LogP contribution is 2.47. The molecule has 2 heterocycles. The highest BCUT2D eigenvalue weighted by molar-refractivity contribution is 5.61. The van der Waals surface area contributed by atoms with Gasteiger partial charge in [0.05, 0.1) is 0 Å². The van der Waals surface area contributed by atoms with E-state index in [1.165, 1.54) is 0 Å². The summed E-state index contributed by atoms with van der Waals surface area (Å²) in [7, 11) is 2.04. The van der Waals surface area contributed by atoms with E-state index in [9.17, 15) is 0 Å². The molecule has 1 saturated heterocycles. The summed E-state index contributed by atoms with van der Waals surface area (Å²) in [5.74, 6) is 3.24. The first-order chi connectivity index (χ1) is 10.3. The molecule has 1 aromatic rings. The van der Waals surface area contributed by atoms with Crippen molar-refractivity contribution in [3.05, 3.63) is 5.56 Å². The highest BCUT2D eigenvalue weighted by atomic mass is 15.3. The van der Waals surface area contributed by atoms with E-state index < -0.39 is 0 Å². The molecule has 1 saturated carbocycles. The van der Waals surface area contributed by atoms with Gasteiger partial charge in [-0.3, -0.25) is 0 Å². The summed E-state index contributed by atoms with van der Waals surface area (Å²) in [6.45, 7) is 8.79. The van der Waals surface area contributed by atoms with Gasteiger partial charge in [-0.15, -0.1) is 0 Å². The van der Waals surface area contributed by atoms with Crippen molar-refractivity contribution in [1.29, 1.82) is 0 Å². The van der Waals surface area contributed by atoms with Crippen LogP contribution >= 0.6 is 0 Å². The summed E-state index contributed by atoms with van der Waals surface area (Å²) in [5, 5.41) is 3.39. The first-order valence-electron chi connectivity index (χ1n) is 8.14. The van der Waals surface area contributed by atoms with Crippen LogP contribution in [-0.4, -0.2) is 36.1 Å². The van der Waals surface area contributed by atoms with E-state index in [-0.39, 0.29) is 11.4 Å². The third kappa shape index (κ3) is 2.84. The summed E-state index contributed by atoms with van der Waals surface area (Å²) >= 11 is 0. The van der Waals surface area contributed by atoms with Crippen LogP contribution in [0.3, 0.4) is 0 Å². The smallest absolute Gasteiger partial charge is 0.223 e. The topological polar surface area (TPSA) is 93.1 Å². The lowest BCUT2D eigenvalue weighted by Crippen LogP contribution is -2.31. The fourth-order valence-electron chi connectivity index (χ4n) is 3.64. The Labute approximate surface area is 132 Å². The van der Waals surface area contributed by atoms with Gasteiger partial charge in [-0.1, -0.05) is 20.8 Å². The number of rotatable bonds is 4. The molecule has 2 aliphatic rings. The van der Waals surface area contributed by atoms with Crippen molar-refractivity contribution in [3.63, 3.8) is 0 Å². The van der Waals surface area contributed by atoms with E-state index in [0.29, 0.717) is 11.9 Å². The number of piperidine rings is 1. The molecule has 6 heteroatoms. The van der Waals surface area contributed by atoms with E-state index >= 15 is 0 Å². The second-order valence-corrected chi connectivity index (χ2v) is 7.88. The summed E-state index contributed by atoms with van der Waals surface area (Å²) in [4.78, 5) is 11.0. The Morgan fingerprint density at radius 1 is 1.18 bits per heavy atom. The molecule has 1 aromatic heterocycles. The number of aromatic nitrogens is 2. The van der Waals surface area contributed by atoms with Gasteiger partial charge in [-0.05, 0) is 37.1 Å². The predicted octanol–water partition coefficient (Wildman–Crippen LogP) is 1.27. The Bertz CT molecular complexity index is 552. The van der Waals surface area contributed by atoms with Crippen molar-refractivity contribution in [1.82, 2.24) is 15.3 Å². The van der Waals surface area contributed by atoms with Crippen molar-refractivity contribution >= 4 is 17.6 Å². The lowest BCUT2D eigenvalue weighted by molar-refractivity contribution is 0.378. The molecule has 0 bridgehead atoms. The summed E-state index contributed by atoms with van der Waals surface area (Å²) in [5.41, 5.74) is 13.3. The second-order valence-electron chi connectivity index (χ2n) is 7.88. The molecule has 1 aliphatic carbocycles. The monoisotopic (exact) mass is 304 g/mol. The van der Waals surface area contributed by atoms with Crippen molar-refractivity contribution < 1.29 is 0 Å². The number of nitrogens with one attached hydrogen (secondary N) is 1. The zero-order valence-electron chi connectivity index (χ0n) is 14.1. The number of nitrogens with zero attached hydrogens (tertiary/aromatic N) is 3. The second kappa shape index (κ2) is 5.26. The minimum Gasteiger partial charge on any atom is -0.383 e. The molecule has 6 nitrogen and oxygen atoms in total. The maximum atomic E-state index is 6.15. The first-order valence-corrected chi connectivity index (χ1v) is 8.14. The summed E-state index contributed by atoms with van der Waals surface area (Å²) in [6, 6.07) is 0.672. The van der Waals surface area contributed by atoms with Crippen molar-refractivity contribution in [2.45, 2.75) is 39.7 Å². The van der Waals surface area contributed by atoms with Gasteiger partial charge in [-0.25, -0.2) is 0 Å². The predicted molar refractivity (Wildman–Crippen MR) is 90.7 cm³/mol. The molecular formula is C16H28N6. The van der Waals surface area contributed by atoms with E-state index in [0.717, 1.165) is 49.1 Å². The van der Waals surface area contributed by atoms with Gasteiger partial charge < -0.3 is 21.7 Å². The largest absolute Gasteiger partial charge is 0.383 e. The highest BCUT2D eigenvalue weighted by Gasteiger charge is 2.55. The maximum Gasteiger partial charge on any atom is 0.223 e. The summed E-state index contributed by atoms with van der Waals surface area (Å²) < 4.78 is 0. The van der Waals surface area contributed by atoms with Crippen LogP contribution in [0.25, 0.3) is 0 Å². The van der Waals surface area contributed by atoms with Crippen molar-refractivity contribution in [2.75, 3.05) is 36.5 Å². The Hall–Kier alpha value is -1.56. The molecule has 0 amide bonds. The SMILES string of the molecule is CN[C@@H]1[C@@H]2CN(c3nc(N)nc(N)c3CCC(C)(C)C)C[C@@H]21. The Morgan fingerprint density at radius 3 is 2.36 bits per heavy atom. The van der Waals surface area contributed by atoms with Gasteiger partial charge in [-0.2, -0.15) is 9.97 Å². The lowest BCUT2D eigenvalue weighted by Gasteiger charge is -2.26. The van der Waals surface area contributed by atoms with Crippen LogP contribution in [-0.2, 0) is 6.42 Å². The quantitative estimate of drug-likeness (QED) is 0.776. The first kappa shape index (κ1) is 15.3. The van der Waals surface area contributed by atoms with E-state index in [2.05, 4.69) is 41.0 Å². The summed E-state index contributed by atoms with van der Waals surface area (Å²) in [6.07, 6.45) is 1.95. The van der Waals surface area contributed by atoms with Gasteiger partial charge in [0.25, 0.3) is 0 Å². The molecule has 2 fully saturated rings. The molecule has 3 rings (SSSR count). The molecule has 122 valence electrons. The molecule has 0 radical (unpaired) electrons. The Balaban J connectivity index is 1.81. The van der Waals surface area contributed by atoms with E-state index in [1.54, 1.807) is 0 Å². The van der Waals surface area contributed by atoms with E-state index in [1.807, 2.05) is 7.05 Å². The molecule has 3 atom stereocenters. The zero-order chi connectivity index (χ0) is 16.1. The van der Waals surface area contributed by atoms with Crippen LogP contribution in [0.4, 0.5) is 17.6 Å². The fourth-order valence-corrected chi connectivity index (χ4v) is 3.64. The minimum atomic E-state index is 0.259. The maximum absolute atomic E-state index is 6.15. The van der Waals surface area contributed by atoms with Gasteiger partial charge in [0.15, 0.2) is 0 Å².